The van der Waals surface area contributed by atoms with Gasteiger partial charge in [0.15, 0.2) is 0 Å². The zero-order valence-corrected chi connectivity index (χ0v) is 21.9. The predicted molar refractivity (Wildman–Crippen MR) is 142 cm³/mol. The summed E-state index contributed by atoms with van der Waals surface area (Å²) in [6, 6.07) is 17.3. The summed E-state index contributed by atoms with van der Waals surface area (Å²) in [5.41, 5.74) is 1.50. The van der Waals surface area contributed by atoms with Crippen LogP contribution in [0.15, 0.2) is 59.0 Å². The highest BCUT2D eigenvalue weighted by Gasteiger charge is 2.41. The van der Waals surface area contributed by atoms with Gasteiger partial charge in [0.2, 0.25) is 0 Å². The molecule has 0 unspecified atom stereocenters. The lowest BCUT2D eigenvalue weighted by Crippen LogP contribution is -2.59. The summed E-state index contributed by atoms with van der Waals surface area (Å²) in [4.78, 5) is 28.1. The van der Waals surface area contributed by atoms with Crippen LogP contribution in [0, 0.1) is 0 Å². The van der Waals surface area contributed by atoms with Crippen LogP contribution >= 0.6 is 0 Å². The highest BCUT2D eigenvalue weighted by molar-refractivity contribution is 7.47. The molecule has 0 radical (unpaired) electrons. The second kappa shape index (κ2) is 11.9. The number of carbonyl (C=O) groups is 2. The summed E-state index contributed by atoms with van der Waals surface area (Å²) in [6.45, 7) is 3.87. The van der Waals surface area contributed by atoms with E-state index < -0.39 is 0 Å². The Balaban J connectivity index is 1.51. The second-order valence-corrected chi connectivity index (χ2v) is 9.92. The fourth-order valence-electron chi connectivity index (χ4n) is 5.50. The van der Waals surface area contributed by atoms with Crippen LogP contribution in [0.4, 0.5) is 4.79 Å². The minimum Gasteiger partial charge on any atom is -0.496 e. The molecule has 2 aromatic rings. The van der Waals surface area contributed by atoms with E-state index in [4.69, 9.17) is 17.2 Å². The smallest absolute Gasteiger partial charge is 0.369 e. The summed E-state index contributed by atoms with van der Waals surface area (Å²) in [7, 11) is 3.66. The molecule has 2 fully saturated rings. The van der Waals surface area contributed by atoms with Crippen LogP contribution in [0.25, 0.3) is 0 Å². The molecule has 192 valence electrons. The van der Waals surface area contributed by atoms with Gasteiger partial charge in [0.25, 0.3) is 5.91 Å². The lowest BCUT2D eigenvalue weighted by molar-refractivity contribution is -0.0561. The average Bonchev–Trinajstić information content (AvgIpc) is 2.94. The predicted octanol–water partition coefficient (Wildman–Crippen LogP) is 3.62. The van der Waals surface area contributed by atoms with Crippen molar-refractivity contribution in [2.75, 3.05) is 46.9 Å². The van der Waals surface area contributed by atoms with Gasteiger partial charge in [0.05, 0.1) is 18.7 Å². The van der Waals surface area contributed by atoms with E-state index in [-0.39, 0.29) is 23.4 Å². The number of methoxy groups -OCH3 is 1. The molecule has 0 aromatic heterocycles. The number of hydrogen-bond acceptors (Lipinski definition) is 6. The zero-order chi connectivity index (χ0) is 25.5. The number of likely N-dealkylation sites (N-methyl/N-ethyl adjacent to an activating group) is 1. The Hall–Kier alpha value is -2.88. The monoisotopic (exact) mass is 509 g/mol. The van der Waals surface area contributed by atoms with Crippen molar-refractivity contribution in [1.82, 2.24) is 20.2 Å². The maximum Gasteiger partial charge on any atom is 0.369 e. The Morgan fingerprint density at radius 1 is 1.06 bits per heavy atom. The Labute approximate surface area is 218 Å². The van der Waals surface area contributed by atoms with Crippen LogP contribution in [0.3, 0.4) is 0 Å². The molecule has 1 N–H and O–H groups in total. The van der Waals surface area contributed by atoms with Gasteiger partial charge in [-0.05, 0) is 50.4 Å². The number of benzene rings is 2. The SMILES string of the molecule is COc1ccccc1C(=O)NCC1(c2ccccc2)CCC(N(C(=O)N=S)N2CCN(C)CC2)CC1. The Morgan fingerprint density at radius 3 is 2.33 bits per heavy atom. The largest absolute Gasteiger partial charge is 0.496 e. The number of urea groups is 1. The Bertz CT molecular complexity index is 1050. The molecule has 8 nitrogen and oxygen atoms in total. The van der Waals surface area contributed by atoms with Crippen LogP contribution < -0.4 is 10.1 Å². The van der Waals surface area contributed by atoms with Gasteiger partial charge in [0, 0.05) is 50.6 Å². The maximum absolute atomic E-state index is 13.1. The molecule has 1 heterocycles. The number of nitrogens with one attached hydrogen (secondary N) is 1. The van der Waals surface area contributed by atoms with Gasteiger partial charge in [-0.15, -0.1) is 4.36 Å². The summed E-state index contributed by atoms with van der Waals surface area (Å²) >= 11 is 4.81. The molecular formula is C27H35N5O3S. The van der Waals surface area contributed by atoms with Crippen molar-refractivity contribution in [2.45, 2.75) is 37.1 Å². The molecule has 2 aliphatic rings. The number of carbonyl (C=O) groups excluding carboxylic acids is 2. The van der Waals surface area contributed by atoms with E-state index in [1.165, 1.54) is 5.56 Å². The van der Waals surface area contributed by atoms with Gasteiger partial charge in [0.1, 0.15) is 5.75 Å². The molecule has 1 aliphatic carbocycles. The molecule has 36 heavy (non-hydrogen) atoms. The number of amides is 3. The van der Waals surface area contributed by atoms with E-state index in [1.807, 2.05) is 35.3 Å². The summed E-state index contributed by atoms with van der Waals surface area (Å²) < 4.78 is 8.99. The highest BCUT2D eigenvalue weighted by Crippen LogP contribution is 2.41. The molecule has 9 heteroatoms. The molecule has 0 bridgehead atoms. The number of ether oxygens (including phenoxy) is 1. The molecule has 3 amide bonds. The van der Waals surface area contributed by atoms with Crippen LogP contribution in [-0.2, 0) is 17.8 Å². The van der Waals surface area contributed by atoms with Crippen LogP contribution in [0.2, 0.25) is 0 Å². The number of rotatable bonds is 7. The van der Waals surface area contributed by atoms with E-state index in [9.17, 15) is 9.59 Å². The molecule has 1 saturated heterocycles. The molecule has 1 aliphatic heterocycles. The van der Waals surface area contributed by atoms with Crippen molar-refractivity contribution in [3.63, 3.8) is 0 Å². The van der Waals surface area contributed by atoms with Gasteiger partial charge >= 0.3 is 6.03 Å². The third-order valence-electron chi connectivity index (χ3n) is 7.64. The van der Waals surface area contributed by atoms with Gasteiger partial charge in [-0.3, -0.25) is 9.80 Å². The minimum atomic E-state index is -0.351. The van der Waals surface area contributed by atoms with E-state index in [0.29, 0.717) is 17.9 Å². The third kappa shape index (κ3) is 5.74. The van der Waals surface area contributed by atoms with Crippen LogP contribution in [0.1, 0.15) is 41.6 Å². The number of hydrogen-bond donors (Lipinski definition) is 1. The van der Waals surface area contributed by atoms with Crippen molar-refractivity contribution >= 4 is 24.4 Å². The fourth-order valence-corrected chi connectivity index (χ4v) is 5.58. The number of hydrazine groups is 1. The molecule has 1 saturated carbocycles. The Morgan fingerprint density at radius 2 is 1.69 bits per heavy atom. The molecule has 0 spiro atoms. The highest BCUT2D eigenvalue weighted by atomic mass is 32.1. The van der Waals surface area contributed by atoms with Crippen molar-refractivity contribution < 1.29 is 14.3 Å². The molecule has 0 atom stereocenters. The lowest BCUT2D eigenvalue weighted by atomic mass is 9.68. The quantitative estimate of drug-likeness (QED) is 0.614. The fraction of sp³-hybridized carbons (Fsp3) is 0.481. The first-order chi connectivity index (χ1) is 17.5. The zero-order valence-electron chi connectivity index (χ0n) is 21.1. The normalized spacial score (nSPS) is 23.0. The van der Waals surface area contributed by atoms with Crippen LogP contribution in [-0.4, -0.2) is 79.8 Å². The van der Waals surface area contributed by atoms with Crippen molar-refractivity contribution in [2.24, 2.45) is 4.36 Å². The summed E-state index contributed by atoms with van der Waals surface area (Å²) in [6.07, 6.45) is 3.29. The van der Waals surface area contributed by atoms with E-state index in [0.717, 1.165) is 51.9 Å². The first-order valence-corrected chi connectivity index (χ1v) is 12.9. The summed E-state index contributed by atoms with van der Waals surface area (Å²) in [5.74, 6) is 0.408. The van der Waals surface area contributed by atoms with E-state index in [2.05, 4.69) is 38.8 Å². The number of piperazine rings is 1. The maximum atomic E-state index is 13.1. The van der Waals surface area contributed by atoms with Crippen molar-refractivity contribution in [1.29, 1.82) is 0 Å². The van der Waals surface area contributed by atoms with Gasteiger partial charge < -0.3 is 15.0 Å². The number of nitrogens with zero attached hydrogens (tertiary/aromatic N) is 4. The first kappa shape index (κ1) is 26.2. The third-order valence-corrected chi connectivity index (χ3v) is 7.80. The standard InChI is InChI=1S/C27H35N5O3S/c1-30-16-18-31(19-17-30)32(26(34)29-36)22-12-14-27(15-13-22,21-8-4-3-5-9-21)20-28-25(33)23-10-6-7-11-24(23)35-2/h3-11,22H,12-20H2,1-2H3,(H,28,33). The van der Waals surface area contributed by atoms with Gasteiger partial charge in [-0.2, -0.15) is 0 Å². The van der Waals surface area contributed by atoms with Crippen molar-refractivity contribution in [3.05, 3.63) is 65.7 Å². The van der Waals surface area contributed by atoms with E-state index >= 15 is 0 Å². The van der Waals surface area contributed by atoms with Crippen LogP contribution in [0.5, 0.6) is 5.75 Å². The summed E-state index contributed by atoms with van der Waals surface area (Å²) in [5, 5.41) is 7.10. The topological polar surface area (TPSA) is 77.5 Å². The second-order valence-electron chi connectivity index (χ2n) is 9.74. The van der Waals surface area contributed by atoms with Crippen molar-refractivity contribution in [3.8, 4) is 5.75 Å². The lowest BCUT2D eigenvalue weighted by Gasteiger charge is -2.47. The number of para-hydroxylation sites is 1. The van der Waals surface area contributed by atoms with Gasteiger partial charge in [-0.1, -0.05) is 42.5 Å². The average molecular weight is 510 g/mol. The molecule has 4 rings (SSSR count). The Kier molecular flexibility index (Phi) is 8.66. The van der Waals surface area contributed by atoms with Gasteiger partial charge in [-0.25, -0.2) is 9.80 Å². The first-order valence-electron chi connectivity index (χ1n) is 12.5. The van der Waals surface area contributed by atoms with E-state index in [1.54, 1.807) is 19.2 Å². The molecule has 2 aromatic carbocycles. The molecular weight excluding hydrogens is 474 g/mol. The minimum absolute atomic E-state index is 0.0364.